The standard InChI is InChI=1S/C17H18ClNO3.C10H13ClO.C7H7NO3.C4H8O/c1-12(9-13-3-5-14(18)6-4-13)11-22-16-10-19-8-7-15(16)17(20)21-2;1-8(7-12)6-9-2-4-10(11)5-3-9;1-11-7(10)5-2-3-8-4-6(5)9;1-2-4-5-3-1/h3-8,10,12H,9,11H2,1-2H3;2-5,8,12H,6-7H2,1H3;2-4,9H,1H3;1-4H2. The minimum atomic E-state index is -0.565. The van der Waals surface area contributed by atoms with E-state index in [0.717, 1.165) is 36.1 Å². The van der Waals surface area contributed by atoms with Gasteiger partial charge in [0, 0.05) is 42.3 Å². The van der Waals surface area contributed by atoms with E-state index in [1.54, 1.807) is 6.07 Å². The van der Waals surface area contributed by atoms with E-state index in [4.69, 9.17) is 47.6 Å². The molecule has 3 heterocycles. The van der Waals surface area contributed by atoms with Gasteiger partial charge in [0.15, 0.2) is 5.75 Å². The topological polar surface area (TPSA) is 137 Å². The molecule has 0 bridgehead atoms. The van der Waals surface area contributed by atoms with Gasteiger partial charge in [-0.2, -0.15) is 0 Å². The van der Waals surface area contributed by atoms with Crippen molar-refractivity contribution in [3.63, 3.8) is 0 Å². The third-order valence-corrected chi connectivity index (χ3v) is 7.56. The van der Waals surface area contributed by atoms with Crippen LogP contribution in [0.25, 0.3) is 0 Å². The molecule has 2 aromatic heterocycles. The van der Waals surface area contributed by atoms with Crippen LogP contribution < -0.4 is 4.74 Å². The summed E-state index contributed by atoms with van der Waals surface area (Å²) in [5.74, 6) is -0.109. The summed E-state index contributed by atoms with van der Waals surface area (Å²) in [4.78, 5) is 30.1. The van der Waals surface area contributed by atoms with Crippen molar-refractivity contribution in [2.24, 2.45) is 11.8 Å². The molecule has 2 N–H and O–H groups in total. The fraction of sp³-hybridized carbons (Fsp3) is 0.368. The van der Waals surface area contributed by atoms with Crippen LogP contribution in [0.15, 0.2) is 85.5 Å². The average molecular weight is 730 g/mol. The Morgan fingerprint density at radius 1 is 0.760 bits per heavy atom. The van der Waals surface area contributed by atoms with Gasteiger partial charge in [-0.3, -0.25) is 9.97 Å². The minimum Gasteiger partial charge on any atom is -0.505 e. The van der Waals surface area contributed by atoms with Crippen LogP contribution in [0.5, 0.6) is 11.5 Å². The number of carbonyl (C=O) groups is 2. The second-order valence-corrected chi connectivity index (χ2v) is 12.3. The molecule has 1 saturated heterocycles. The molecule has 0 amide bonds. The lowest BCUT2D eigenvalue weighted by Crippen LogP contribution is -2.13. The summed E-state index contributed by atoms with van der Waals surface area (Å²) in [6, 6.07) is 18.5. The average Bonchev–Trinajstić information content (AvgIpc) is 3.74. The monoisotopic (exact) mass is 728 g/mol. The maximum atomic E-state index is 11.7. The number of hydrogen-bond acceptors (Lipinski definition) is 10. The zero-order valence-corrected chi connectivity index (χ0v) is 30.4. The van der Waals surface area contributed by atoms with E-state index in [-0.39, 0.29) is 23.8 Å². The van der Waals surface area contributed by atoms with Crippen molar-refractivity contribution in [3.05, 3.63) is 118 Å². The molecule has 0 aliphatic carbocycles. The fourth-order valence-corrected chi connectivity index (χ4v) is 4.61. The molecule has 2 unspecified atom stereocenters. The van der Waals surface area contributed by atoms with Gasteiger partial charge in [-0.15, -0.1) is 0 Å². The number of benzene rings is 2. The quantitative estimate of drug-likeness (QED) is 0.157. The molecule has 12 heteroatoms. The van der Waals surface area contributed by atoms with Crippen LogP contribution in [0.3, 0.4) is 0 Å². The number of hydrogen-bond donors (Lipinski definition) is 2. The molecule has 1 aliphatic heterocycles. The summed E-state index contributed by atoms with van der Waals surface area (Å²) >= 11 is 11.6. The summed E-state index contributed by atoms with van der Waals surface area (Å²) in [7, 11) is 2.60. The number of carbonyl (C=O) groups excluding carboxylic acids is 2. The Bertz CT molecular complexity index is 1540. The van der Waals surface area contributed by atoms with E-state index in [0.29, 0.717) is 23.8 Å². The van der Waals surface area contributed by atoms with Gasteiger partial charge in [0.25, 0.3) is 0 Å². The van der Waals surface area contributed by atoms with Gasteiger partial charge >= 0.3 is 11.9 Å². The number of rotatable bonds is 10. The summed E-state index contributed by atoms with van der Waals surface area (Å²) in [5, 5.41) is 19.4. The highest BCUT2D eigenvalue weighted by Gasteiger charge is 2.14. The lowest BCUT2D eigenvalue weighted by molar-refractivity contribution is 0.0586. The molecule has 0 spiro atoms. The van der Waals surface area contributed by atoms with E-state index in [1.165, 1.54) is 69.0 Å². The van der Waals surface area contributed by atoms with Crippen LogP contribution in [0.2, 0.25) is 10.0 Å². The van der Waals surface area contributed by atoms with Crippen LogP contribution in [0.4, 0.5) is 0 Å². The summed E-state index contributed by atoms with van der Waals surface area (Å²) in [5.41, 5.74) is 2.93. The van der Waals surface area contributed by atoms with Crippen molar-refractivity contribution in [1.29, 1.82) is 0 Å². The van der Waals surface area contributed by atoms with Crippen molar-refractivity contribution in [2.45, 2.75) is 39.5 Å². The molecule has 270 valence electrons. The molecule has 5 rings (SSSR count). The van der Waals surface area contributed by atoms with Crippen molar-refractivity contribution in [1.82, 2.24) is 9.97 Å². The first-order valence-corrected chi connectivity index (χ1v) is 16.9. The number of ether oxygens (including phenoxy) is 4. The Kier molecular flexibility index (Phi) is 20.2. The predicted octanol–water partition coefficient (Wildman–Crippen LogP) is 7.66. The third kappa shape index (κ3) is 16.5. The maximum absolute atomic E-state index is 11.7. The first-order valence-electron chi connectivity index (χ1n) is 16.1. The minimum absolute atomic E-state index is 0.127. The molecular weight excluding hydrogens is 683 g/mol. The lowest BCUT2D eigenvalue weighted by Gasteiger charge is -2.14. The van der Waals surface area contributed by atoms with Crippen molar-refractivity contribution in [2.75, 3.05) is 40.6 Å². The molecule has 0 saturated carbocycles. The highest BCUT2D eigenvalue weighted by atomic mass is 35.5. The predicted molar refractivity (Wildman–Crippen MR) is 194 cm³/mol. The van der Waals surface area contributed by atoms with Crippen LogP contribution in [-0.4, -0.2) is 72.8 Å². The van der Waals surface area contributed by atoms with Gasteiger partial charge < -0.3 is 29.2 Å². The fourth-order valence-electron chi connectivity index (χ4n) is 4.35. The van der Waals surface area contributed by atoms with Crippen LogP contribution in [0.1, 0.15) is 58.5 Å². The molecule has 1 aliphatic rings. The van der Waals surface area contributed by atoms with Crippen LogP contribution >= 0.6 is 23.2 Å². The van der Waals surface area contributed by atoms with Crippen molar-refractivity contribution >= 4 is 35.1 Å². The first-order chi connectivity index (χ1) is 24.1. The zero-order chi connectivity index (χ0) is 36.7. The molecule has 1 fully saturated rings. The second-order valence-electron chi connectivity index (χ2n) is 11.4. The normalized spacial score (nSPS) is 12.7. The number of esters is 2. The van der Waals surface area contributed by atoms with Crippen LogP contribution in [0, 0.1) is 11.8 Å². The Balaban J connectivity index is 0.000000260. The Hall–Kier alpha value is -4.22. The van der Waals surface area contributed by atoms with Gasteiger partial charge in [-0.1, -0.05) is 61.3 Å². The SMILES string of the molecule is C1CCOC1.CC(CO)Cc1ccc(Cl)cc1.COC(=O)c1ccncc1O.COC(=O)c1ccncc1OCC(C)Cc1ccc(Cl)cc1. The van der Waals surface area contributed by atoms with E-state index < -0.39 is 11.9 Å². The molecule has 50 heavy (non-hydrogen) atoms. The first kappa shape index (κ1) is 41.9. The number of aliphatic hydroxyl groups is 1. The largest absolute Gasteiger partial charge is 0.505 e. The number of halogens is 2. The van der Waals surface area contributed by atoms with E-state index in [9.17, 15) is 9.59 Å². The number of nitrogens with zero attached hydrogens (tertiary/aromatic N) is 2. The Morgan fingerprint density at radius 3 is 1.70 bits per heavy atom. The van der Waals surface area contributed by atoms with Gasteiger partial charge in [0.2, 0.25) is 0 Å². The molecule has 2 atom stereocenters. The number of pyridine rings is 2. The van der Waals surface area contributed by atoms with Crippen molar-refractivity contribution in [3.8, 4) is 11.5 Å². The zero-order valence-electron chi connectivity index (χ0n) is 28.9. The molecule has 4 aromatic rings. The molecule has 2 aromatic carbocycles. The van der Waals surface area contributed by atoms with E-state index in [2.05, 4.69) is 21.6 Å². The summed E-state index contributed by atoms with van der Waals surface area (Å²) < 4.78 is 19.8. The number of methoxy groups -OCH3 is 2. The lowest BCUT2D eigenvalue weighted by atomic mass is 10.0. The number of aliphatic hydroxyl groups excluding tert-OH is 1. The van der Waals surface area contributed by atoms with Crippen LogP contribution in [-0.2, 0) is 27.1 Å². The van der Waals surface area contributed by atoms with E-state index in [1.807, 2.05) is 55.5 Å². The summed E-state index contributed by atoms with van der Waals surface area (Å²) in [6.45, 7) is 6.83. The number of aromatic nitrogens is 2. The highest BCUT2D eigenvalue weighted by Crippen LogP contribution is 2.20. The summed E-state index contributed by atoms with van der Waals surface area (Å²) in [6.07, 6.45) is 9.99. The van der Waals surface area contributed by atoms with E-state index >= 15 is 0 Å². The molecule has 10 nitrogen and oxygen atoms in total. The third-order valence-electron chi connectivity index (χ3n) is 7.05. The smallest absolute Gasteiger partial charge is 0.341 e. The van der Waals surface area contributed by atoms with Gasteiger partial charge in [-0.05, 0) is 85.0 Å². The van der Waals surface area contributed by atoms with Crippen molar-refractivity contribution < 1.29 is 38.7 Å². The maximum Gasteiger partial charge on any atom is 0.341 e. The van der Waals surface area contributed by atoms with Gasteiger partial charge in [0.1, 0.15) is 16.9 Å². The molecular formula is C38H46Cl2N2O8. The highest BCUT2D eigenvalue weighted by molar-refractivity contribution is 6.30. The Morgan fingerprint density at radius 2 is 1.24 bits per heavy atom. The number of aromatic hydroxyl groups is 1. The second kappa shape index (κ2) is 24.0. The molecule has 0 radical (unpaired) electrons. The van der Waals surface area contributed by atoms with Gasteiger partial charge in [0.05, 0.1) is 33.2 Å². The Labute approximate surface area is 304 Å². The van der Waals surface area contributed by atoms with Gasteiger partial charge in [-0.25, -0.2) is 9.59 Å².